The number of nitrogens with zero attached hydrogens (tertiary/aromatic N) is 2. The van der Waals surface area contributed by atoms with E-state index in [4.69, 9.17) is 0 Å². The third-order valence-corrected chi connectivity index (χ3v) is 3.68. The number of aromatic nitrogens is 3. The van der Waals surface area contributed by atoms with Gasteiger partial charge in [-0.2, -0.15) is 11.8 Å². The van der Waals surface area contributed by atoms with Crippen molar-refractivity contribution in [2.24, 2.45) is 0 Å². The van der Waals surface area contributed by atoms with Gasteiger partial charge in [0.15, 0.2) is 5.82 Å². The quantitative estimate of drug-likeness (QED) is 0.781. The van der Waals surface area contributed by atoms with Gasteiger partial charge in [-0.25, -0.2) is 9.67 Å². The Balaban J connectivity index is 0.00000108. The predicted molar refractivity (Wildman–Crippen MR) is 69.7 cm³/mol. The summed E-state index contributed by atoms with van der Waals surface area (Å²) in [5.74, 6) is 2.37. The molecule has 83 valence electrons. The topological polar surface area (TPSA) is 50.7 Å². The fourth-order valence-electron chi connectivity index (χ4n) is 1.84. The van der Waals surface area contributed by atoms with Gasteiger partial charge in [-0.1, -0.05) is 0 Å². The summed E-state index contributed by atoms with van der Waals surface area (Å²) < 4.78 is 1.54. The van der Waals surface area contributed by atoms with Crippen molar-refractivity contribution < 1.29 is 0 Å². The largest absolute Gasteiger partial charge is 0.292 e. The molecule has 0 unspecified atom stereocenters. The minimum absolute atomic E-state index is 0. The summed E-state index contributed by atoms with van der Waals surface area (Å²) in [6.45, 7) is 1.99. The van der Waals surface area contributed by atoms with E-state index >= 15 is 0 Å². The van der Waals surface area contributed by atoms with E-state index in [1.165, 1.54) is 4.68 Å². The molecule has 0 saturated carbocycles. The van der Waals surface area contributed by atoms with Gasteiger partial charge in [0.1, 0.15) is 0 Å². The van der Waals surface area contributed by atoms with Crippen molar-refractivity contribution in [1.82, 2.24) is 14.8 Å². The summed E-state index contributed by atoms with van der Waals surface area (Å²) in [6.07, 6.45) is 1.72. The van der Waals surface area contributed by atoms with E-state index in [0.29, 0.717) is 5.82 Å². The maximum Gasteiger partial charge on any atom is 0.276 e. The molecule has 0 fully saturated rings. The summed E-state index contributed by atoms with van der Waals surface area (Å²) in [6, 6.07) is 3.82. The monoisotopic (exact) mass is 256 g/mol. The SMILES string of the molecule is Cc1ccnc(-n2[nH]c3c(c2=O)CSC3)c1.[Na]. The van der Waals surface area contributed by atoms with Crippen LogP contribution in [0, 0.1) is 6.92 Å². The van der Waals surface area contributed by atoms with Crippen molar-refractivity contribution in [3.8, 4) is 5.82 Å². The molecule has 0 bridgehead atoms. The molecule has 1 radical (unpaired) electrons. The second-order valence-electron chi connectivity index (χ2n) is 3.89. The molecule has 17 heavy (non-hydrogen) atoms. The Morgan fingerprint density at radius 1 is 1.47 bits per heavy atom. The molecule has 0 saturated heterocycles. The maximum absolute atomic E-state index is 12.1. The number of pyridine rings is 1. The Bertz CT molecular complexity index is 605. The van der Waals surface area contributed by atoms with Gasteiger partial charge < -0.3 is 0 Å². The molecule has 3 heterocycles. The molecule has 1 N–H and O–H groups in total. The first-order chi connectivity index (χ1) is 7.75. The molecule has 1 aliphatic rings. The Morgan fingerprint density at radius 3 is 3.00 bits per heavy atom. The maximum atomic E-state index is 12.1. The average Bonchev–Trinajstić information content (AvgIpc) is 2.82. The van der Waals surface area contributed by atoms with Crippen LogP contribution in [-0.2, 0) is 11.5 Å². The number of thioether (sulfide) groups is 1. The van der Waals surface area contributed by atoms with E-state index < -0.39 is 0 Å². The van der Waals surface area contributed by atoms with Gasteiger partial charge in [-0.3, -0.25) is 9.89 Å². The smallest absolute Gasteiger partial charge is 0.276 e. The Kier molecular flexibility index (Phi) is 3.82. The standard InChI is InChI=1S/C11H11N3OS.Na/c1-7-2-3-12-10(4-7)14-11(15)8-5-16-6-9(8)13-14;/h2-4,13H,5-6H2,1H3;. The number of aromatic amines is 1. The van der Waals surface area contributed by atoms with Crippen LogP contribution in [-0.4, -0.2) is 44.3 Å². The Labute approximate surface area is 125 Å². The molecule has 0 aliphatic carbocycles. The van der Waals surface area contributed by atoms with Crippen LogP contribution in [0.25, 0.3) is 5.82 Å². The number of fused-ring (bicyclic) bond motifs is 1. The number of aryl methyl sites for hydroxylation is 1. The zero-order valence-corrected chi connectivity index (χ0v) is 12.7. The molecule has 6 heteroatoms. The van der Waals surface area contributed by atoms with E-state index in [9.17, 15) is 4.79 Å². The molecule has 0 amide bonds. The van der Waals surface area contributed by atoms with Gasteiger partial charge in [0.2, 0.25) is 0 Å². The minimum atomic E-state index is 0. The van der Waals surface area contributed by atoms with Gasteiger partial charge in [0.05, 0.1) is 11.3 Å². The van der Waals surface area contributed by atoms with Crippen LogP contribution in [0.3, 0.4) is 0 Å². The first-order valence-corrected chi connectivity index (χ1v) is 6.25. The molecule has 0 aromatic carbocycles. The van der Waals surface area contributed by atoms with E-state index in [-0.39, 0.29) is 35.1 Å². The average molecular weight is 256 g/mol. The van der Waals surface area contributed by atoms with Gasteiger partial charge >= 0.3 is 0 Å². The van der Waals surface area contributed by atoms with Crippen LogP contribution < -0.4 is 5.56 Å². The number of nitrogens with one attached hydrogen (secondary N) is 1. The van der Waals surface area contributed by atoms with Crippen molar-refractivity contribution in [2.45, 2.75) is 18.4 Å². The van der Waals surface area contributed by atoms with Crippen LogP contribution in [0.1, 0.15) is 16.8 Å². The van der Waals surface area contributed by atoms with E-state index in [2.05, 4.69) is 10.1 Å². The van der Waals surface area contributed by atoms with E-state index in [1.807, 2.05) is 19.1 Å². The number of hydrogen-bond acceptors (Lipinski definition) is 3. The van der Waals surface area contributed by atoms with Crippen molar-refractivity contribution in [3.05, 3.63) is 45.5 Å². The van der Waals surface area contributed by atoms with E-state index in [1.54, 1.807) is 18.0 Å². The molecule has 0 spiro atoms. The van der Waals surface area contributed by atoms with Gasteiger partial charge in [0.25, 0.3) is 5.56 Å². The molecule has 0 atom stereocenters. The number of rotatable bonds is 1. The minimum Gasteiger partial charge on any atom is -0.292 e. The van der Waals surface area contributed by atoms with Crippen LogP contribution in [0.15, 0.2) is 23.1 Å². The predicted octanol–water partition coefficient (Wildman–Crippen LogP) is 1.24. The van der Waals surface area contributed by atoms with E-state index in [0.717, 1.165) is 28.3 Å². The summed E-state index contributed by atoms with van der Waals surface area (Å²) in [5.41, 5.74) is 3.07. The zero-order valence-electron chi connectivity index (χ0n) is 9.86. The second kappa shape index (κ2) is 5.02. The van der Waals surface area contributed by atoms with Crippen LogP contribution >= 0.6 is 11.8 Å². The van der Waals surface area contributed by atoms with Gasteiger partial charge in [-0.05, 0) is 24.6 Å². The van der Waals surface area contributed by atoms with Gasteiger partial charge in [0, 0.05) is 47.3 Å². The molecular formula is C11H11N3NaOS. The zero-order chi connectivity index (χ0) is 11.1. The fourth-order valence-corrected chi connectivity index (χ4v) is 2.89. The first kappa shape index (κ1) is 13.0. The van der Waals surface area contributed by atoms with Crippen molar-refractivity contribution in [2.75, 3.05) is 0 Å². The van der Waals surface area contributed by atoms with Crippen LogP contribution in [0.2, 0.25) is 0 Å². The summed E-state index contributed by atoms with van der Waals surface area (Å²) in [5, 5.41) is 3.13. The van der Waals surface area contributed by atoms with Gasteiger partial charge in [-0.15, -0.1) is 0 Å². The Morgan fingerprint density at radius 2 is 2.29 bits per heavy atom. The van der Waals surface area contributed by atoms with Crippen molar-refractivity contribution in [3.63, 3.8) is 0 Å². The molecule has 3 rings (SSSR count). The molecule has 4 nitrogen and oxygen atoms in total. The summed E-state index contributed by atoms with van der Waals surface area (Å²) in [7, 11) is 0. The number of hydrogen-bond donors (Lipinski definition) is 1. The summed E-state index contributed by atoms with van der Waals surface area (Å²) >= 11 is 1.77. The normalized spacial score (nSPS) is 13.2. The molecular weight excluding hydrogens is 245 g/mol. The summed E-state index contributed by atoms with van der Waals surface area (Å²) in [4.78, 5) is 16.3. The van der Waals surface area contributed by atoms with Crippen LogP contribution in [0.4, 0.5) is 0 Å². The molecule has 1 aliphatic heterocycles. The molecule has 2 aromatic heterocycles. The number of H-pyrrole nitrogens is 1. The Hall–Kier alpha value is -0.490. The van der Waals surface area contributed by atoms with Crippen LogP contribution in [0.5, 0.6) is 0 Å². The first-order valence-electron chi connectivity index (χ1n) is 5.09. The third-order valence-electron chi connectivity index (χ3n) is 2.70. The fraction of sp³-hybridized carbons (Fsp3) is 0.273. The van der Waals surface area contributed by atoms with Crippen molar-refractivity contribution >= 4 is 41.3 Å². The second-order valence-corrected chi connectivity index (χ2v) is 4.88. The third kappa shape index (κ3) is 2.25. The molecule has 2 aromatic rings. The van der Waals surface area contributed by atoms with Crippen molar-refractivity contribution in [1.29, 1.82) is 0 Å².